The highest BCUT2D eigenvalue weighted by Crippen LogP contribution is 2.30. The molecule has 0 atom stereocenters. The van der Waals surface area contributed by atoms with Crippen molar-refractivity contribution >= 4 is 18.4 Å². The van der Waals surface area contributed by atoms with Crippen LogP contribution in [0.4, 0.5) is 0 Å². The topological polar surface area (TPSA) is 0 Å². The third-order valence-electron chi connectivity index (χ3n) is 4.90. The molecule has 3 aromatic carbocycles. The van der Waals surface area contributed by atoms with Crippen molar-refractivity contribution in [2.45, 2.75) is 19.5 Å². The van der Waals surface area contributed by atoms with Gasteiger partial charge in [-0.1, -0.05) is 85.9 Å². The average Bonchev–Trinajstić information content (AvgIpc) is 2.78. The van der Waals surface area contributed by atoms with Crippen LogP contribution in [0, 0.1) is 0 Å². The predicted octanol–water partition coefficient (Wildman–Crippen LogP) is 4.08. The van der Waals surface area contributed by atoms with Crippen LogP contribution in [0.15, 0.2) is 72.8 Å². The van der Waals surface area contributed by atoms with Crippen molar-refractivity contribution in [2.75, 3.05) is 0 Å². The Hall–Kier alpha value is -2.12. The van der Waals surface area contributed by atoms with Gasteiger partial charge in [-0.2, -0.15) is 0 Å². The highest BCUT2D eigenvalue weighted by Gasteiger charge is 2.38. The van der Waals surface area contributed by atoms with Gasteiger partial charge in [-0.15, -0.1) is 0 Å². The van der Waals surface area contributed by atoms with E-state index < -0.39 is 8.07 Å². The van der Waals surface area contributed by atoms with Gasteiger partial charge in [0.05, 0.1) is 0 Å². The molecule has 0 unspecified atom stereocenters. The second-order valence-corrected chi connectivity index (χ2v) is 11.0. The Balaban J connectivity index is 1.89. The molecule has 1 aliphatic heterocycles. The minimum Gasteiger partial charge on any atom is -0.0623 e. The molecular weight excluding hydrogens is 280 g/mol. The van der Waals surface area contributed by atoms with Crippen molar-refractivity contribution in [3.8, 4) is 11.1 Å². The van der Waals surface area contributed by atoms with Crippen molar-refractivity contribution in [1.82, 2.24) is 0 Å². The van der Waals surface area contributed by atoms with Gasteiger partial charge in [-0.25, -0.2) is 0 Å². The quantitative estimate of drug-likeness (QED) is 0.626. The third kappa shape index (κ3) is 1.97. The number of fused-ring (bicyclic) bond motifs is 3. The first-order chi connectivity index (χ1) is 10.7. The Morgan fingerprint density at radius 3 is 2.18 bits per heavy atom. The Kier molecular flexibility index (Phi) is 3.05. The van der Waals surface area contributed by atoms with E-state index in [4.69, 9.17) is 0 Å². The van der Waals surface area contributed by atoms with Gasteiger partial charge >= 0.3 is 0 Å². The predicted molar refractivity (Wildman–Crippen MR) is 97.9 cm³/mol. The van der Waals surface area contributed by atoms with Gasteiger partial charge in [-0.3, -0.25) is 0 Å². The molecule has 0 nitrogen and oxygen atoms in total. The molecule has 1 aliphatic rings. The fourth-order valence-electron chi connectivity index (χ4n) is 3.92. The van der Waals surface area contributed by atoms with Gasteiger partial charge < -0.3 is 0 Å². The average molecular weight is 300 g/mol. The zero-order valence-electron chi connectivity index (χ0n) is 13.1. The summed E-state index contributed by atoms with van der Waals surface area (Å²) in [6.45, 7) is 4.98. The van der Waals surface area contributed by atoms with Gasteiger partial charge in [0.15, 0.2) is 0 Å². The SMILES string of the molecule is C[Si]1(C)c2ccccc2-c2cccc(Cc3ccccc3)c21. The zero-order valence-corrected chi connectivity index (χ0v) is 14.1. The minimum atomic E-state index is -1.58. The van der Waals surface area contributed by atoms with Gasteiger partial charge in [0, 0.05) is 0 Å². The number of hydrogen-bond donors (Lipinski definition) is 0. The van der Waals surface area contributed by atoms with Crippen LogP contribution in [-0.2, 0) is 6.42 Å². The number of benzene rings is 3. The van der Waals surface area contributed by atoms with E-state index in [1.54, 1.807) is 10.4 Å². The van der Waals surface area contributed by atoms with Crippen molar-refractivity contribution in [3.63, 3.8) is 0 Å². The first-order valence-corrected chi connectivity index (χ1v) is 10.9. The maximum atomic E-state index is 2.49. The summed E-state index contributed by atoms with van der Waals surface area (Å²) >= 11 is 0. The Labute approximate surface area is 133 Å². The van der Waals surface area contributed by atoms with E-state index in [1.807, 2.05) is 0 Å². The maximum absolute atomic E-state index is 2.49. The summed E-state index contributed by atoms with van der Waals surface area (Å²) in [5.74, 6) is 0. The number of rotatable bonds is 2. The molecule has 0 bridgehead atoms. The van der Waals surface area contributed by atoms with Crippen LogP contribution >= 0.6 is 0 Å². The van der Waals surface area contributed by atoms with Gasteiger partial charge in [0.1, 0.15) is 8.07 Å². The highest BCUT2D eigenvalue weighted by atomic mass is 28.3. The summed E-state index contributed by atoms with van der Waals surface area (Å²) in [6, 6.07) is 26.7. The monoisotopic (exact) mass is 300 g/mol. The fourth-order valence-corrected chi connectivity index (χ4v) is 7.46. The van der Waals surface area contributed by atoms with Gasteiger partial charge in [0.25, 0.3) is 0 Å². The standard InChI is InChI=1S/C21H20Si/c1-22(2)20-14-7-6-12-18(20)19-13-8-11-17(21(19)22)15-16-9-4-3-5-10-16/h3-14H,15H2,1-2H3. The molecule has 0 aromatic heterocycles. The molecule has 0 fully saturated rings. The summed E-state index contributed by atoms with van der Waals surface area (Å²) in [4.78, 5) is 0. The van der Waals surface area contributed by atoms with Gasteiger partial charge in [-0.05, 0) is 39.0 Å². The van der Waals surface area contributed by atoms with Crippen molar-refractivity contribution in [3.05, 3.63) is 83.9 Å². The maximum Gasteiger partial charge on any atom is 0.114 e. The van der Waals surface area contributed by atoms with E-state index in [0.717, 1.165) is 6.42 Å². The summed E-state index contributed by atoms with van der Waals surface area (Å²) in [5, 5.41) is 3.23. The lowest BCUT2D eigenvalue weighted by atomic mass is 9.99. The summed E-state index contributed by atoms with van der Waals surface area (Å²) in [5.41, 5.74) is 5.85. The minimum absolute atomic E-state index is 1.04. The van der Waals surface area contributed by atoms with Crippen LogP contribution in [0.3, 0.4) is 0 Å². The lowest BCUT2D eigenvalue weighted by Gasteiger charge is -2.22. The summed E-state index contributed by atoms with van der Waals surface area (Å²) < 4.78 is 0. The molecule has 1 heteroatoms. The third-order valence-corrected chi connectivity index (χ3v) is 8.53. The van der Waals surface area contributed by atoms with Crippen LogP contribution < -0.4 is 10.4 Å². The summed E-state index contributed by atoms with van der Waals surface area (Å²) in [7, 11) is -1.58. The molecule has 0 spiro atoms. The molecule has 0 radical (unpaired) electrons. The second kappa shape index (κ2) is 4.96. The van der Waals surface area contributed by atoms with E-state index >= 15 is 0 Å². The molecule has 0 aliphatic carbocycles. The van der Waals surface area contributed by atoms with Crippen molar-refractivity contribution in [1.29, 1.82) is 0 Å². The van der Waals surface area contributed by atoms with Gasteiger partial charge in [0.2, 0.25) is 0 Å². The molecule has 0 N–H and O–H groups in total. The zero-order chi connectivity index (χ0) is 15.2. The highest BCUT2D eigenvalue weighted by molar-refractivity contribution is 7.04. The molecule has 0 saturated heterocycles. The Morgan fingerprint density at radius 2 is 1.36 bits per heavy atom. The number of hydrogen-bond acceptors (Lipinski definition) is 0. The second-order valence-electron chi connectivity index (χ2n) is 6.67. The lowest BCUT2D eigenvalue weighted by Crippen LogP contribution is -2.50. The van der Waals surface area contributed by atoms with E-state index in [1.165, 1.54) is 22.3 Å². The van der Waals surface area contributed by atoms with E-state index in [2.05, 4.69) is 85.9 Å². The van der Waals surface area contributed by atoms with E-state index in [9.17, 15) is 0 Å². The molecule has 0 saturated carbocycles. The first-order valence-electron chi connectivity index (χ1n) is 7.94. The molecule has 0 amide bonds. The van der Waals surface area contributed by atoms with Crippen LogP contribution in [-0.4, -0.2) is 8.07 Å². The van der Waals surface area contributed by atoms with Crippen LogP contribution in [0.5, 0.6) is 0 Å². The first kappa shape index (κ1) is 13.5. The Morgan fingerprint density at radius 1 is 0.682 bits per heavy atom. The molecule has 1 heterocycles. The molecule has 108 valence electrons. The largest absolute Gasteiger partial charge is 0.114 e. The smallest absolute Gasteiger partial charge is 0.0623 e. The molecular formula is C21H20Si. The van der Waals surface area contributed by atoms with Crippen molar-refractivity contribution < 1.29 is 0 Å². The summed E-state index contributed by atoms with van der Waals surface area (Å²) in [6.07, 6.45) is 1.04. The van der Waals surface area contributed by atoms with Crippen LogP contribution in [0.25, 0.3) is 11.1 Å². The Bertz CT molecular complexity index is 832. The van der Waals surface area contributed by atoms with E-state index in [0.29, 0.717) is 0 Å². The van der Waals surface area contributed by atoms with Crippen LogP contribution in [0.2, 0.25) is 13.1 Å². The normalized spacial score (nSPS) is 14.5. The lowest BCUT2D eigenvalue weighted by molar-refractivity contribution is 1.21. The fraction of sp³-hybridized carbons (Fsp3) is 0.143. The molecule has 22 heavy (non-hydrogen) atoms. The van der Waals surface area contributed by atoms with Crippen LogP contribution in [0.1, 0.15) is 11.1 Å². The molecule has 3 aromatic rings. The molecule has 4 rings (SSSR count). The van der Waals surface area contributed by atoms with Crippen molar-refractivity contribution in [2.24, 2.45) is 0 Å². The van der Waals surface area contributed by atoms with E-state index in [-0.39, 0.29) is 0 Å².